The zero-order valence-electron chi connectivity index (χ0n) is 12.1. The number of halogens is 8. The molecule has 2 nitrogen and oxygen atoms in total. The summed E-state index contributed by atoms with van der Waals surface area (Å²) in [6.45, 7) is 1.23. The van der Waals surface area contributed by atoms with Crippen LogP contribution in [-0.2, 0) is 11.2 Å². The van der Waals surface area contributed by atoms with Crippen molar-refractivity contribution >= 4 is 11.6 Å². The number of nitrogens with zero attached hydrogens (tertiary/aromatic N) is 1. The van der Waals surface area contributed by atoms with Crippen molar-refractivity contribution in [2.45, 2.75) is 43.8 Å². The minimum Gasteiger partial charge on any atom is -0.304 e. The minimum absolute atomic E-state index is 0.00978. The highest BCUT2D eigenvalue weighted by molar-refractivity contribution is 6.00. The van der Waals surface area contributed by atoms with Gasteiger partial charge < -0.3 is 4.90 Å². The van der Waals surface area contributed by atoms with E-state index in [0.717, 1.165) is 18.2 Å². The Morgan fingerprint density at radius 3 is 2.25 bits per heavy atom. The van der Waals surface area contributed by atoms with Gasteiger partial charge in [-0.1, -0.05) is 0 Å². The van der Waals surface area contributed by atoms with Crippen molar-refractivity contribution < 1.29 is 39.9 Å². The fourth-order valence-corrected chi connectivity index (χ4v) is 2.49. The number of alkyl halides is 7. The van der Waals surface area contributed by atoms with E-state index in [4.69, 9.17) is 0 Å². The van der Waals surface area contributed by atoms with Gasteiger partial charge in [0.2, 0.25) is 0 Å². The third kappa shape index (κ3) is 2.71. The predicted molar refractivity (Wildman–Crippen MR) is 67.6 cm³/mol. The zero-order valence-corrected chi connectivity index (χ0v) is 12.1. The molecule has 1 aromatic rings. The molecule has 0 N–H and O–H groups in total. The third-order valence-electron chi connectivity index (χ3n) is 3.81. The monoisotopic (exact) mass is 361 g/mol. The number of carbonyl (C=O) groups excluding carboxylic acids is 1. The number of aryl methyl sites for hydroxylation is 1. The molecule has 0 aromatic heterocycles. The number of benzene rings is 1. The van der Waals surface area contributed by atoms with Gasteiger partial charge >= 0.3 is 23.9 Å². The Hall–Kier alpha value is -1.87. The summed E-state index contributed by atoms with van der Waals surface area (Å²) in [6.07, 6.45) is -6.42. The highest BCUT2D eigenvalue weighted by Gasteiger charge is 2.77. The fourth-order valence-electron chi connectivity index (χ4n) is 2.49. The normalized spacial score (nSPS) is 19.2. The molecule has 0 spiro atoms. The van der Waals surface area contributed by atoms with E-state index < -0.39 is 35.8 Å². The number of rotatable bonds is 2. The Balaban J connectivity index is 2.50. The molecule has 0 aliphatic carbocycles. The van der Waals surface area contributed by atoms with Crippen molar-refractivity contribution in [3.63, 3.8) is 0 Å². The van der Waals surface area contributed by atoms with E-state index in [1.807, 2.05) is 0 Å². The first kappa shape index (κ1) is 18.5. The summed E-state index contributed by atoms with van der Waals surface area (Å²) in [7, 11) is 0. The smallest absolute Gasteiger partial charge is 0.304 e. The number of hydrogen-bond donors (Lipinski definition) is 0. The van der Waals surface area contributed by atoms with E-state index in [-0.39, 0.29) is 29.0 Å². The Labute approximate surface area is 131 Å². The predicted octanol–water partition coefficient (Wildman–Crippen LogP) is 4.33. The summed E-state index contributed by atoms with van der Waals surface area (Å²) in [5.41, 5.74) is -0.231. The Morgan fingerprint density at radius 1 is 1.12 bits per heavy atom. The maximum absolute atomic E-state index is 13.7. The first-order chi connectivity index (χ1) is 10.8. The van der Waals surface area contributed by atoms with Gasteiger partial charge in [-0.2, -0.15) is 30.7 Å². The van der Waals surface area contributed by atoms with Gasteiger partial charge in [-0.15, -0.1) is 0 Å². The average molecular weight is 361 g/mol. The summed E-state index contributed by atoms with van der Waals surface area (Å²) < 4.78 is 104. The third-order valence-corrected chi connectivity index (χ3v) is 3.81. The van der Waals surface area contributed by atoms with Gasteiger partial charge in [-0.25, -0.2) is 4.39 Å². The lowest BCUT2D eigenvalue weighted by Gasteiger charge is -2.38. The van der Waals surface area contributed by atoms with Gasteiger partial charge in [0.1, 0.15) is 5.82 Å². The molecule has 10 heteroatoms. The van der Waals surface area contributed by atoms with Crippen molar-refractivity contribution in [3.8, 4) is 0 Å². The molecule has 0 saturated heterocycles. The summed E-state index contributed by atoms with van der Waals surface area (Å²) in [6, 6.07) is 1.57. The zero-order chi connectivity index (χ0) is 18.5. The highest BCUT2D eigenvalue weighted by atomic mass is 19.4. The lowest BCUT2D eigenvalue weighted by atomic mass is 9.95. The topological polar surface area (TPSA) is 20.3 Å². The van der Waals surface area contributed by atoms with Crippen molar-refractivity contribution in [2.24, 2.45) is 0 Å². The molecule has 1 aliphatic heterocycles. The highest BCUT2D eigenvalue weighted by Crippen LogP contribution is 2.48. The summed E-state index contributed by atoms with van der Waals surface area (Å²) in [5, 5.41) is 0. The van der Waals surface area contributed by atoms with Gasteiger partial charge in [0, 0.05) is 11.7 Å². The van der Waals surface area contributed by atoms with Crippen LogP contribution in [0.1, 0.15) is 18.9 Å². The summed E-state index contributed by atoms with van der Waals surface area (Å²) >= 11 is 0. The lowest BCUT2D eigenvalue weighted by Crippen LogP contribution is -2.62. The maximum Gasteiger partial charge on any atom is 0.460 e. The molecule has 0 bridgehead atoms. The average Bonchev–Trinajstić information content (AvgIpc) is 2.45. The molecule has 2 rings (SSSR count). The standard InChI is InChI=1S/C14H11F8NO/c1-7-2-3-8-6-9(15)4-5-10(8)23(7)11(24)12(16,17)13(18,19)14(20,21)22/h4-7H,2-3H2,1H3. The fraction of sp³-hybridized carbons (Fsp3) is 0.500. The van der Waals surface area contributed by atoms with Crippen LogP contribution >= 0.6 is 0 Å². The number of carbonyl (C=O) groups is 1. The van der Waals surface area contributed by atoms with E-state index >= 15 is 0 Å². The molecule has 0 fully saturated rings. The molecule has 1 amide bonds. The van der Waals surface area contributed by atoms with E-state index in [0.29, 0.717) is 0 Å². The maximum atomic E-state index is 13.7. The molecule has 24 heavy (non-hydrogen) atoms. The van der Waals surface area contributed by atoms with Gasteiger partial charge in [0.25, 0.3) is 0 Å². The SMILES string of the molecule is CC1CCc2cc(F)ccc2N1C(=O)C(F)(F)C(F)(F)C(F)(F)F. The lowest BCUT2D eigenvalue weighted by molar-refractivity contribution is -0.343. The van der Waals surface area contributed by atoms with Gasteiger partial charge in [0.05, 0.1) is 0 Å². The molecule has 1 aliphatic rings. The first-order valence-corrected chi connectivity index (χ1v) is 6.75. The van der Waals surface area contributed by atoms with Crippen LogP contribution < -0.4 is 4.90 Å². The van der Waals surface area contributed by atoms with E-state index in [1.165, 1.54) is 6.92 Å². The molecule has 1 aromatic carbocycles. The molecular weight excluding hydrogens is 350 g/mol. The molecule has 0 saturated carbocycles. The minimum atomic E-state index is -6.60. The second-order valence-electron chi connectivity index (χ2n) is 5.48. The molecule has 0 radical (unpaired) electrons. The van der Waals surface area contributed by atoms with Crippen molar-refractivity contribution in [3.05, 3.63) is 29.6 Å². The van der Waals surface area contributed by atoms with E-state index in [2.05, 4.69) is 0 Å². The van der Waals surface area contributed by atoms with Gasteiger partial charge in [0.15, 0.2) is 0 Å². The number of amides is 1. The Bertz CT molecular complexity index is 655. The quantitative estimate of drug-likeness (QED) is 0.719. The second-order valence-corrected chi connectivity index (χ2v) is 5.48. The van der Waals surface area contributed by atoms with Crippen LogP contribution in [-0.4, -0.2) is 30.0 Å². The number of hydrogen-bond acceptors (Lipinski definition) is 1. The van der Waals surface area contributed by atoms with Crippen LogP contribution in [0.15, 0.2) is 18.2 Å². The van der Waals surface area contributed by atoms with Crippen molar-refractivity contribution in [2.75, 3.05) is 4.90 Å². The summed E-state index contributed by atoms with van der Waals surface area (Å²) in [4.78, 5) is 12.1. The van der Waals surface area contributed by atoms with Gasteiger partial charge in [-0.3, -0.25) is 4.79 Å². The van der Waals surface area contributed by atoms with Crippen LogP contribution in [0.3, 0.4) is 0 Å². The molecule has 1 heterocycles. The van der Waals surface area contributed by atoms with Crippen molar-refractivity contribution in [1.82, 2.24) is 0 Å². The van der Waals surface area contributed by atoms with Gasteiger partial charge in [-0.05, 0) is 43.5 Å². The first-order valence-electron chi connectivity index (χ1n) is 6.75. The van der Waals surface area contributed by atoms with E-state index in [1.54, 1.807) is 0 Å². The number of fused-ring (bicyclic) bond motifs is 1. The molecule has 134 valence electrons. The molecule has 1 atom stereocenters. The van der Waals surface area contributed by atoms with Crippen LogP contribution in [0.5, 0.6) is 0 Å². The molecular formula is C14H11F8NO. The van der Waals surface area contributed by atoms with Crippen LogP contribution in [0.25, 0.3) is 0 Å². The van der Waals surface area contributed by atoms with E-state index in [9.17, 15) is 39.9 Å². The molecule has 1 unspecified atom stereocenters. The Kier molecular flexibility index (Phi) is 4.30. The summed E-state index contributed by atoms with van der Waals surface area (Å²) in [5.74, 6) is -16.0. The Morgan fingerprint density at radius 2 is 1.71 bits per heavy atom. The van der Waals surface area contributed by atoms with Crippen molar-refractivity contribution in [1.29, 1.82) is 0 Å². The number of anilines is 1. The van der Waals surface area contributed by atoms with Crippen LogP contribution in [0.4, 0.5) is 40.8 Å². The van der Waals surface area contributed by atoms with Crippen LogP contribution in [0.2, 0.25) is 0 Å². The largest absolute Gasteiger partial charge is 0.460 e. The second kappa shape index (κ2) is 5.59. The van der Waals surface area contributed by atoms with Crippen LogP contribution in [0, 0.1) is 5.82 Å².